The number of hydrogen-bond donors (Lipinski definition) is 3. The molecular weight excluding hydrogens is 238 g/mol. The molecule has 0 bridgehead atoms. The molecule has 4 N–H and O–H groups in total. The highest BCUT2D eigenvalue weighted by Gasteiger charge is 2.05. The second kappa shape index (κ2) is 10.5. The summed E-state index contributed by atoms with van der Waals surface area (Å²) >= 11 is 0. The van der Waals surface area contributed by atoms with E-state index in [1.807, 2.05) is 34.6 Å². The van der Waals surface area contributed by atoms with E-state index in [1.54, 1.807) is 12.4 Å². The van der Waals surface area contributed by atoms with Gasteiger partial charge in [0, 0.05) is 18.8 Å². The quantitative estimate of drug-likeness (QED) is 0.779. The van der Waals surface area contributed by atoms with Crippen molar-refractivity contribution in [3.05, 3.63) is 23.8 Å². The highest BCUT2D eigenvalue weighted by atomic mass is 32.3. The maximum absolute atomic E-state index is 8.90. The molecule has 5 nitrogen and oxygen atoms in total. The average Bonchev–Trinajstić information content (AvgIpc) is 2.33. The first kappa shape index (κ1) is 18.7. The lowest BCUT2D eigenvalue weighted by Gasteiger charge is -2.25. The first-order valence-corrected chi connectivity index (χ1v) is 7.56. The Morgan fingerprint density at radius 1 is 1.12 bits per heavy atom. The topological polar surface area (TPSA) is 92.3 Å². The Kier molecular flexibility index (Phi) is 11.5. The molecule has 0 aliphatic rings. The second-order valence-corrected chi connectivity index (χ2v) is 4.66. The van der Waals surface area contributed by atoms with Gasteiger partial charge in [-0.2, -0.15) is 0 Å². The molecule has 1 aromatic heterocycles. The van der Waals surface area contributed by atoms with Crippen LogP contribution in [0.1, 0.15) is 39.1 Å². The van der Waals surface area contributed by atoms with Gasteiger partial charge >= 0.3 is 0 Å². The van der Waals surface area contributed by atoms with Gasteiger partial charge in [-0.1, -0.05) is 27.7 Å². The molecule has 0 amide bonds. The minimum absolute atomic E-state index is 0.130. The van der Waals surface area contributed by atoms with E-state index >= 15 is 0 Å². The van der Waals surface area contributed by atoms with Crippen LogP contribution in [0, 0.1) is 6.92 Å². The number of aryl methyl sites for hydroxylation is 2. The molecule has 0 radical (unpaired) electrons. The van der Waals surface area contributed by atoms with Crippen LogP contribution in [0.4, 0.5) is 0 Å². The third kappa shape index (κ3) is 11.6. The Morgan fingerprint density at radius 3 is 2.00 bits per heavy atom. The highest BCUT2D eigenvalue weighted by molar-refractivity contribution is 8.22. The van der Waals surface area contributed by atoms with Gasteiger partial charge in [-0.25, -0.2) is 5.14 Å². The van der Waals surface area contributed by atoms with E-state index in [0.717, 1.165) is 11.4 Å². The molecule has 1 rings (SSSR count). The van der Waals surface area contributed by atoms with Crippen molar-refractivity contribution in [1.29, 1.82) is 0 Å². The van der Waals surface area contributed by atoms with E-state index in [1.165, 1.54) is 0 Å². The molecule has 1 aromatic rings. The Balaban J connectivity index is 0. The van der Waals surface area contributed by atoms with Crippen LogP contribution in [-0.2, 0) is 6.42 Å². The summed E-state index contributed by atoms with van der Waals surface area (Å²) in [5.74, 6) is 0.130. The lowest BCUT2D eigenvalue weighted by Crippen LogP contribution is -2.14. The molecule has 6 heteroatoms. The highest BCUT2D eigenvalue weighted by Crippen LogP contribution is 2.27. The van der Waals surface area contributed by atoms with Crippen LogP contribution in [0.2, 0.25) is 0 Å². The molecule has 1 heterocycles. The van der Waals surface area contributed by atoms with E-state index in [4.69, 9.17) is 14.2 Å². The fourth-order valence-electron chi connectivity index (χ4n) is 0.803. The summed E-state index contributed by atoms with van der Waals surface area (Å²) in [5.41, 5.74) is 1.55. The number of hydrogen-bond acceptors (Lipinski definition) is 5. The summed E-state index contributed by atoms with van der Waals surface area (Å²) in [6.07, 6.45) is 3.68. The average molecular weight is 263 g/mol. The molecular formula is C11H25N3O2S. The Bertz CT molecular complexity index is 273. The zero-order valence-electron chi connectivity index (χ0n) is 11.3. The fourth-order valence-corrected chi connectivity index (χ4v) is 1.31. The molecule has 0 atom stereocenters. The van der Waals surface area contributed by atoms with Crippen LogP contribution < -0.4 is 5.14 Å². The van der Waals surface area contributed by atoms with Gasteiger partial charge in [0.25, 0.3) is 0 Å². The lowest BCUT2D eigenvalue weighted by molar-refractivity contribution is 0.488. The predicted molar refractivity (Wildman–Crippen MR) is 75.1 cm³/mol. The van der Waals surface area contributed by atoms with Gasteiger partial charge in [-0.05, 0) is 6.92 Å². The van der Waals surface area contributed by atoms with Crippen LogP contribution in [0.15, 0.2) is 12.4 Å². The SMILES string of the molecule is CC.CC.Cc1cnc(CCS(N)(O)O)cn1. The largest absolute Gasteiger partial charge is 0.286 e. The van der Waals surface area contributed by atoms with Crippen molar-refractivity contribution in [2.45, 2.75) is 41.0 Å². The zero-order valence-corrected chi connectivity index (χ0v) is 12.2. The van der Waals surface area contributed by atoms with Gasteiger partial charge in [0.05, 0.1) is 17.1 Å². The summed E-state index contributed by atoms with van der Waals surface area (Å²) in [6.45, 7) is 9.84. The number of nitrogens with zero attached hydrogens (tertiary/aromatic N) is 2. The minimum Gasteiger partial charge on any atom is -0.286 e. The third-order valence-electron chi connectivity index (χ3n) is 1.49. The van der Waals surface area contributed by atoms with E-state index < -0.39 is 10.8 Å². The minimum atomic E-state index is -2.90. The lowest BCUT2D eigenvalue weighted by atomic mass is 10.3. The van der Waals surface area contributed by atoms with Crippen molar-refractivity contribution >= 4 is 10.8 Å². The first-order chi connectivity index (χ1) is 7.97. The van der Waals surface area contributed by atoms with E-state index in [-0.39, 0.29) is 5.75 Å². The van der Waals surface area contributed by atoms with E-state index in [9.17, 15) is 0 Å². The van der Waals surface area contributed by atoms with Crippen molar-refractivity contribution in [2.75, 3.05) is 5.75 Å². The monoisotopic (exact) mass is 263 g/mol. The van der Waals surface area contributed by atoms with Crippen LogP contribution in [0.3, 0.4) is 0 Å². The number of rotatable bonds is 3. The molecule has 17 heavy (non-hydrogen) atoms. The summed E-state index contributed by atoms with van der Waals surface area (Å²) in [6, 6.07) is 0. The third-order valence-corrected chi connectivity index (χ3v) is 2.30. The van der Waals surface area contributed by atoms with Crippen LogP contribution in [0.25, 0.3) is 0 Å². The standard InChI is InChI=1S/C7H13N3O2S.2C2H6/c1-6-4-10-7(5-9-6)2-3-13(8,11)12;2*1-2/h4-5,11-12H,2-3,8H2,1H3;2*1-2H3. The maximum atomic E-state index is 8.90. The van der Waals surface area contributed by atoms with Crippen LogP contribution in [0.5, 0.6) is 0 Å². The van der Waals surface area contributed by atoms with Crippen molar-refractivity contribution in [2.24, 2.45) is 5.14 Å². The summed E-state index contributed by atoms with van der Waals surface area (Å²) < 4.78 is 17.8. The van der Waals surface area contributed by atoms with E-state index in [2.05, 4.69) is 9.97 Å². The van der Waals surface area contributed by atoms with E-state index in [0.29, 0.717) is 6.42 Å². The van der Waals surface area contributed by atoms with Crippen molar-refractivity contribution in [3.63, 3.8) is 0 Å². The van der Waals surface area contributed by atoms with Crippen LogP contribution in [-0.4, -0.2) is 24.8 Å². The maximum Gasteiger partial charge on any atom is 0.0603 e. The van der Waals surface area contributed by atoms with Gasteiger partial charge in [0.2, 0.25) is 0 Å². The van der Waals surface area contributed by atoms with Crippen molar-refractivity contribution < 1.29 is 9.11 Å². The van der Waals surface area contributed by atoms with Gasteiger partial charge in [0.1, 0.15) is 0 Å². The molecule has 102 valence electrons. The first-order valence-electron chi connectivity index (χ1n) is 5.78. The molecule has 0 aromatic carbocycles. The Morgan fingerprint density at radius 2 is 1.65 bits per heavy atom. The molecule has 0 aliphatic carbocycles. The van der Waals surface area contributed by atoms with Gasteiger partial charge in [0.15, 0.2) is 0 Å². The van der Waals surface area contributed by atoms with Gasteiger partial charge in [-0.15, -0.1) is 10.8 Å². The summed E-state index contributed by atoms with van der Waals surface area (Å²) in [5, 5.41) is 5.06. The predicted octanol–water partition coefficient (Wildman–Crippen LogP) is 3.00. The van der Waals surface area contributed by atoms with Crippen molar-refractivity contribution in [3.8, 4) is 0 Å². The number of aromatic nitrogens is 2. The molecule has 0 fully saturated rings. The summed E-state index contributed by atoms with van der Waals surface area (Å²) in [7, 11) is -2.90. The zero-order chi connectivity index (χ0) is 13.9. The molecule has 0 unspecified atom stereocenters. The Hall–Kier alpha value is -0.690. The summed E-state index contributed by atoms with van der Waals surface area (Å²) in [4.78, 5) is 8.08. The smallest absolute Gasteiger partial charge is 0.0603 e. The molecule has 0 spiro atoms. The second-order valence-electron chi connectivity index (χ2n) is 2.82. The number of nitrogens with two attached hydrogens (primary N) is 1. The molecule has 0 saturated carbocycles. The molecule has 0 aliphatic heterocycles. The normalized spacial score (nSPS) is 10.6. The Labute approximate surface area is 106 Å². The van der Waals surface area contributed by atoms with Gasteiger partial charge in [-0.3, -0.25) is 19.1 Å². The molecule has 0 saturated heterocycles. The van der Waals surface area contributed by atoms with Gasteiger partial charge < -0.3 is 0 Å². The van der Waals surface area contributed by atoms with Crippen molar-refractivity contribution in [1.82, 2.24) is 9.97 Å². The fraction of sp³-hybridized carbons (Fsp3) is 0.636. The van der Waals surface area contributed by atoms with Crippen LogP contribution >= 0.6 is 10.8 Å².